The number of furan rings is 1. The maximum Gasteiger partial charge on any atom is 0.330 e. The van der Waals surface area contributed by atoms with Gasteiger partial charge in [-0.2, -0.15) is 0 Å². The van der Waals surface area contributed by atoms with Gasteiger partial charge in [0.15, 0.2) is 11.8 Å². The highest BCUT2D eigenvalue weighted by Gasteiger charge is 2.25. The highest BCUT2D eigenvalue weighted by Crippen LogP contribution is 2.28. The van der Waals surface area contributed by atoms with Gasteiger partial charge in [-0.15, -0.1) is 0 Å². The summed E-state index contributed by atoms with van der Waals surface area (Å²) in [4.78, 5) is 23.6. The predicted molar refractivity (Wildman–Crippen MR) is 76.9 cm³/mol. The van der Waals surface area contributed by atoms with Crippen LogP contribution in [0.4, 0.5) is 0 Å². The van der Waals surface area contributed by atoms with E-state index < -0.39 is 17.9 Å². The molecule has 1 atom stereocenters. The normalized spacial score (nSPS) is 14.0. The number of aryl methyl sites for hydroxylation is 1. The minimum absolute atomic E-state index is 0.0910. The first-order valence-corrected chi connectivity index (χ1v) is 6.90. The van der Waals surface area contributed by atoms with E-state index in [2.05, 4.69) is 5.32 Å². The molecule has 0 bridgehead atoms. The molecule has 3 rings (SSSR count). The number of benzene rings is 1. The molecule has 2 heterocycles. The van der Waals surface area contributed by atoms with Crippen LogP contribution < -0.4 is 10.1 Å². The Labute approximate surface area is 126 Å². The fraction of sp³-hybridized carbons (Fsp3) is 0.250. The molecule has 0 saturated carbocycles. The number of carboxylic acid groups (broad SMARTS) is 1. The van der Waals surface area contributed by atoms with E-state index in [9.17, 15) is 14.7 Å². The lowest BCUT2D eigenvalue weighted by atomic mass is 10.0. The van der Waals surface area contributed by atoms with Crippen LogP contribution in [-0.2, 0) is 11.2 Å². The van der Waals surface area contributed by atoms with E-state index in [1.807, 2.05) is 0 Å². The van der Waals surface area contributed by atoms with Crippen LogP contribution >= 0.6 is 0 Å². The van der Waals surface area contributed by atoms with Gasteiger partial charge in [-0.05, 0) is 42.3 Å². The average Bonchev–Trinajstić information content (AvgIpc) is 3.11. The first kappa shape index (κ1) is 14.2. The van der Waals surface area contributed by atoms with Crippen molar-refractivity contribution in [1.29, 1.82) is 0 Å². The van der Waals surface area contributed by atoms with Crippen molar-refractivity contribution in [2.24, 2.45) is 0 Å². The Hall–Kier alpha value is -2.76. The van der Waals surface area contributed by atoms with Crippen molar-refractivity contribution in [3.8, 4) is 5.75 Å². The number of ether oxygens (including phenoxy) is 1. The van der Waals surface area contributed by atoms with E-state index in [1.54, 1.807) is 31.2 Å². The van der Waals surface area contributed by atoms with Crippen molar-refractivity contribution in [2.45, 2.75) is 19.4 Å². The lowest BCUT2D eigenvalue weighted by molar-refractivity contribution is -0.139. The Bertz CT molecular complexity index is 734. The van der Waals surface area contributed by atoms with E-state index in [-0.39, 0.29) is 5.76 Å². The quantitative estimate of drug-likeness (QED) is 0.902. The zero-order valence-electron chi connectivity index (χ0n) is 12.0. The van der Waals surface area contributed by atoms with Crippen LogP contribution in [0.5, 0.6) is 5.75 Å². The van der Waals surface area contributed by atoms with Crippen LogP contribution in [0.1, 0.15) is 33.5 Å². The Morgan fingerprint density at radius 1 is 1.27 bits per heavy atom. The number of nitrogens with one attached hydrogen (secondary N) is 1. The lowest BCUT2D eigenvalue weighted by Crippen LogP contribution is -2.33. The smallest absolute Gasteiger partial charge is 0.330 e. The highest BCUT2D eigenvalue weighted by atomic mass is 16.5. The second kappa shape index (κ2) is 5.55. The largest absolute Gasteiger partial charge is 0.493 e. The molecule has 22 heavy (non-hydrogen) atoms. The van der Waals surface area contributed by atoms with Crippen LogP contribution in [0.25, 0.3) is 0 Å². The van der Waals surface area contributed by atoms with Crippen molar-refractivity contribution in [2.75, 3.05) is 6.61 Å². The summed E-state index contributed by atoms with van der Waals surface area (Å²) in [5, 5.41) is 11.9. The maximum absolute atomic E-state index is 12.1. The lowest BCUT2D eigenvalue weighted by Gasteiger charge is -2.15. The van der Waals surface area contributed by atoms with E-state index in [1.165, 1.54) is 6.07 Å². The summed E-state index contributed by atoms with van der Waals surface area (Å²) in [6.45, 7) is 2.31. The number of hydrogen-bond donors (Lipinski definition) is 2. The molecule has 1 aliphatic rings. The number of fused-ring (bicyclic) bond motifs is 1. The minimum atomic E-state index is -1.14. The summed E-state index contributed by atoms with van der Waals surface area (Å²) in [5.74, 6) is -0.242. The van der Waals surface area contributed by atoms with Gasteiger partial charge in [-0.25, -0.2) is 4.79 Å². The molecule has 0 aliphatic carbocycles. The number of hydrogen-bond acceptors (Lipinski definition) is 4. The Kier molecular flexibility index (Phi) is 3.58. The van der Waals surface area contributed by atoms with Gasteiger partial charge in [0.1, 0.15) is 11.5 Å². The number of amides is 1. The summed E-state index contributed by atoms with van der Waals surface area (Å²) >= 11 is 0. The van der Waals surface area contributed by atoms with Crippen LogP contribution in [0, 0.1) is 6.92 Å². The number of aliphatic carboxylic acids is 1. The molecular formula is C16H15NO5. The first-order chi connectivity index (χ1) is 10.5. The molecule has 0 radical (unpaired) electrons. The molecule has 1 aromatic carbocycles. The Morgan fingerprint density at radius 2 is 2.09 bits per heavy atom. The molecule has 1 unspecified atom stereocenters. The molecule has 6 heteroatoms. The van der Waals surface area contributed by atoms with Crippen molar-refractivity contribution < 1.29 is 23.8 Å². The minimum Gasteiger partial charge on any atom is -0.493 e. The average molecular weight is 301 g/mol. The van der Waals surface area contributed by atoms with Crippen LogP contribution in [-0.4, -0.2) is 23.6 Å². The van der Waals surface area contributed by atoms with Gasteiger partial charge in [0, 0.05) is 6.42 Å². The zero-order chi connectivity index (χ0) is 15.7. The van der Waals surface area contributed by atoms with E-state index in [0.29, 0.717) is 17.9 Å². The number of carbonyl (C=O) groups excluding carboxylic acids is 1. The SMILES string of the molecule is Cc1ccc(C(=O)NC(C(=O)O)c2ccc3c(c2)CCO3)o1. The van der Waals surface area contributed by atoms with Crippen molar-refractivity contribution in [1.82, 2.24) is 5.32 Å². The topological polar surface area (TPSA) is 88.8 Å². The summed E-state index contributed by atoms with van der Waals surface area (Å²) in [7, 11) is 0. The number of rotatable bonds is 4. The molecular weight excluding hydrogens is 286 g/mol. The molecule has 1 aliphatic heterocycles. The van der Waals surface area contributed by atoms with E-state index in [0.717, 1.165) is 17.7 Å². The van der Waals surface area contributed by atoms with Crippen LogP contribution in [0.2, 0.25) is 0 Å². The first-order valence-electron chi connectivity index (χ1n) is 6.90. The third kappa shape index (κ3) is 2.67. The van der Waals surface area contributed by atoms with Crippen LogP contribution in [0.15, 0.2) is 34.7 Å². The molecule has 2 aromatic rings. The fourth-order valence-electron chi connectivity index (χ4n) is 2.43. The van der Waals surface area contributed by atoms with Gasteiger partial charge >= 0.3 is 5.97 Å². The van der Waals surface area contributed by atoms with Crippen molar-refractivity contribution >= 4 is 11.9 Å². The summed E-state index contributed by atoms with van der Waals surface area (Å²) in [5.41, 5.74) is 1.46. The van der Waals surface area contributed by atoms with Gasteiger partial charge in [-0.3, -0.25) is 4.79 Å². The Morgan fingerprint density at radius 3 is 2.77 bits per heavy atom. The predicted octanol–water partition coefficient (Wildman–Crippen LogP) is 2.08. The number of carboxylic acids is 1. The zero-order valence-corrected chi connectivity index (χ0v) is 12.0. The second-order valence-electron chi connectivity index (χ2n) is 5.12. The van der Waals surface area contributed by atoms with Gasteiger partial charge in [0.05, 0.1) is 6.61 Å². The Balaban J connectivity index is 1.84. The summed E-state index contributed by atoms with van der Waals surface area (Å²) in [6.07, 6.45) is 0.737. The monoisotopic (exact) mass is 301 g/mol. The van der Waals surface area contributed by atoms with Gasteiger partial charge in [-0.1, -0.05) is 6.07 Å². The van der Waals surface area contributed by atoms with Gasteiger partial charge in [0.2, 0.25) is 0 Å². The third-order valence-electron chi connectivity index (χ3n) is 3.53. The highest BCUT2D eigenvalue weighted by molar-refractivity contribution is 5.94. The van der Waals surface area contributed by atoms with Gasteiger partial charge < -0.3 is 19.6 Å². The fourth-order valence-corrected chi connectivity index (χ4v) is 2.43. The molecule has 114 valence electrons. The third-order valence-corrected chi connectivity index (χ3v) is 3.53. The van der Waals surface area contributed by atoms with E-state index >= 15 is 0 Å². The summed E-state index contributed by atoms with van der Waals surface area (Å²) in [6, 6.07) is 7.17. The molecule has 2 N–H and O–H groups in total. The second-order valence-corrected chi connectivity index (χ2v) is 5.12. The molecule has 0 fully saturated rings. The van der Waals surface area contributed by atoms with Crippen LogP contribution in [0.3, 0.4) is 0 Å². The van der Waals surface area contributed by atoms with Gasteiger partial charge in [0.25, 0.3) is 5.91 Å². The van der Waals surface area contributed by atoms with Crippen molar-refractivity contribution in [3.63, 3.8) is 0 Å². The molecule has 1 amide bonds. The maximum atomic E-state index is 12.1. The standard InChI is InChI=1S/C16H15NO5/c1-9-2-4-13(22-9)15(18)17-14(16(19)20)11-3-5-12-10(8-11)6-7-21-12/h2-5,8,14H,6-7H2,1H3,(H,17,18)(H,19,20). The van der Waals surface area contributed by atoms with Crippen molar-refractivity contribution in [3.05, 3.63) is 53.0 Å². The summed E-state index contributed by atoms with van der Waals surface area (Å²) < 4.78 is 10.6. The molecule has 6 nitrogen and oxygen atoms in total. The molecule has 0 saturated heterocycles. The number of carbonyl (C=O) groups is 2. The molecule has 1 aromatic heterocycles. The van der Waals surface area contributed by atoms with E-state index in [4.69, 9.17) is 9.15 Å². The molecule has 0 spiro atoms.